The van der Waals surface area contributed by atoms with Gasteiger partial charge in [0.05, 0.1) is 5.69 Å². The van der Waals surface area contributed by atoms with E-state index in [4.69, 9.17) is 4.74 Å². The SMILES string of the molecule is Cc1cccc(OCC(=O)N2CCc3ncncc3C2)c1. The van der Waals surface area contributed by atoms with Crippen molar-refractivity contribution in [3.63, 3.8) is 0 Å². The van der Waals surface area contributed by atoms with Gasteiger partial charge in [0.1, 0.15) is 12.1 Å². The molecule has 1 aliphatic rings. The number of fused-ring (bicyclic) bond motifs is 1. The van der Waals surface area contributed by atoms with E-state index >= 15 is 0 Å². The van der Waals surface area contributed by atoms with Gasteiger partial charge in [-0.25, -0.2) is 9.97 Å². The van der Waals surface area contributed by atoms with Gasteiger partial charge in [0.2, 0.25) is 0 Å². The van der Waals surface area contributed by atoms with Crippen molar-refractivity contribution < 1.29 is 9.53 Å². The van der Waals surface area contributed by atoms with Crippen LogP contribution in [0.3, 0.4) is 0 Å². The summed E-state index contributed by atoms with van der Waals surface area (Å²) in [7, 11) is 0. The molecule has 1 amide bonds. The van der Waals surface area contributed by atoms with E-state index in [1.54, 1.807) is 17.4 Å². The summed E-state index contributed by atoms with van der Waals surface area (Å²) in [4.78, 5) is 22.3. The van der Waals surface area contributed by atoms with E-state index < -0.39 is 0 Å². The highest BCUT2D eigenvalue weighted by Crippen LogP contribution is 2.16. The van der Waals surface area contributed by atoms with Gasteiger partial charge in [-0.15, -0.1) is 0 Å². The van der Waals surface area contributed by atoms with Gasteiger partial charge in [-0.3, -0.25) is 4.79 Å². The second-order valence-electron chi connectivity index (χ2n) is 5.17. The summed E-state index contributed by atoms with van der Waals surface area (Å²) in [6, 6.07) is 7.70. The predicted molar refractivity (Wildman–Crippen MR) is 77.8 cm³/mol. The Balaban J connectivity index is 1.59. The molecule has 0 bridgehead atoms. The van der Waals surface area contributed by atoms with Crippen molar-refractivity contribution in [2.45, 2.75) is 19.9 Å². The van der Waals surface area contributed by atoms with Crippen molar-refractivity contribution in [1.29, 1.82) is 0 Å². The second kappa shape index (κ2) is 5.91. The van der Waals surface area contributed by atoms with Crippen LogP contribution in [0.1, 0.15) is 16.8 Å². The lowest BCUT2D eigenvalue weighted by atomic mass is 10.1. The van der Waals surface area contributed by atoms with Gasteiger partial charge in [0.15, 0.2) is 6.61 Å². The number of aromatic nitrogens is 2. The third kappa shape index (κ3) is 3.18. The monoisotopic (exact) mass is 283 g/mol. The first-order chi connectivity index (χ1) is 10.2. The molecule has 108 valence electrons. The molecule has 0 N–H and O–H groups in total. The Bertz CT molecular complexity index is 657. The largest absolute Gasteiger partial charge is 0.484 e. The van der Waals surface area contributed by atoms with Crippen LogP contribution in [0.2, 0.25) is 0 Å². The lowest BCUT2D eigenvalue weighted by Gasteiger charge is -2.27. The summed E-state index contributed by atoms with van der Waals surface area (Å²) in [6.45, 7) is 3.30. The molecule has 0 atom stereocenters. The normalized spacial score (nSPS) is 13.7. The van der Waals surface area contributed by atoms with Gasteiger partial charge < -0.3 is 9.64 Å². The third-order valence-electron chi connectivity index (χ3n) is 3.57. The van der Waals surface area contributed by atoms with Crippen LogP contribution in [-0.4, -0.2) is 33.9 Å². The van der Waals surface area contributed by atoms with Crippen LogP contribution in [0, 0.1) is 6.92 Å². The number of carbonyl (C=O) groups is 1. The standard InChI is InChI=1S/C16H17N3O2/c1-12-3-2-4-14(7-12)21-10-16(20)19-6-5-15-13(9-19)8-17-11-18-15/h2-4,7-8,11H,5-6,9-10H2,1H3. The third-order valence-corrected chi connectivity index (χ3v) is 3.57. The van der Waals surface area contributed by atoms with Gasteiger partial charge in [-0.2, -0.15) is 0 Å². The van der Waals surface area contributed by atoms with E-state index in [0.29, 0.717) is 13.1 Å². The fraction of sp³-hybridized carbons (Fsp3) is 0.312. The molecular formula is C16H17N3O2. The van der Waals surface area contributed by atoms with Gasteiger partial charge in [-0.05, 0) is 24.6 Å². The fourth-order valence-electron chi connectivity index (χ4n) is 2.42. The minimum Gasteiger partial charge on any atom is -0.484 e. The maximum atomic E-state index is 12.2. The summed E-state index contributed by atoms with van der Waals surface area (Å²) >= 11 is 0. The molecule has 1 aromatic carbocycles. The number of amides is 1. The average Bonchev–Trinajstić information content (AvgIpc) is 2.52. The minimum absolute atomic E-state index is 0.00832. The molecule has 21 heavy (non-hydrogen) atoms. The topological polar surface area (TPSA) is 55.3 Å². The summed E-state index contributed by atoms with van der Waals surface area (Å²) in [5, 5.41) is 0. The summed E-state index contributed by atoms with van der Waals surface area (Å²) in [5.74, 6) is 0.718. The molecule has 1 aliphatic heterocycles. The number of ether oxygens (including phenoxy) is 1. The lowest BCUT2D eigenvalue weighted by molar-refractivity contribution is -0.134. The van der Waals surface area contributed by atoms with E-state index in [1.165, 1.54) is 0 Å². The molecule has 0 radical (unpaired) electrons. The maximum Gasteiger partial charge on any atom is 0.260 e. The van der Waals surface area contributed by atoms with Crippen molar-refractivity contribution in [2.75, 3.05) is 13.2 Å². The van der Waals surface area contributed by atoms with Gasteiger partial charge in [0.25, 0.3) is 5.91 Å². The maximum absolute atomic E-state index is 12.2. The molecular weight excluding hydrogens is 266 g/mol. The molecule has 0 unspecified atom stereocenters. The Hall–Kier alpha value is -2.43. The first-order valence-corrected chi connectivity index (χ1v) is 6.97. The summed E-state index contributed by atoms with van der Waals surface area (Å²) in [6.07, 6.45) is 4.11. The second-order valence-corrected chi connectivity index (χ2v) is 5.17. The molecule has 0 saturated heterocycles. The van der Waals surface area contributed by atoms with Crippen LogP contribution < -0.4 is 4.74 Å². The van der Waals surface area contributed by atoms with Crippen LogP contribution in [0.15, 0.2) is 36.8 Å². The number of nitrogens with zero attached hydrogens (tertiary/aromatic N) is 3. The first-order valence-electron chi connectivity index (χ1n) is 6.97. The Morgan fingerprint density at radius 1 is 1.43 bits per heavy atom. The van der Waals surface area contributed by atoms with Gasteiger partial charge >= 0.3 is 0 Å². The average molecular weight is 283 g/mol. The van der Waals surface area contributed by atoms with Crippen molar-refractivity contribution in [2.24, 2.45) is 0 Å². The van der Waals surface area contributed by atoms with E-state index in [0.717, 1.165) is 29.0 Å². The zero-order chi connectivity index (χ0) is 14.7. The summed E-state index contributed by atoms with van der Waals surface area (Å²) < 4.78 is 5.57. The molecule has 3 rings (SSSR count). The molecule has 5 nitrogen and oxygen atoms in total. The van der Waals surface area contributed by atoms with Gasteiger partial charge in [0, 0.05) is 31.3 Å². The number of hydrogen-bond donors (Lipinski definition) is 0. The van der Waals surface area contributed by atoms with Crippen LogP contribution in [0.5, 0.6) is 5.75 Å². The quantitative estimate of drug-likeness (QED) is 0.861. The lowest BCUT2D eigenvalue weighted by Crippen LogP contribution is -2.39. The Morgan fingerprint density at radius 2 is 2.33 bits per heavy atom. The number of hydrogen-bond acceptors (Lipinski definition) is 4. The minimum atomic E-state index is -0.00832. The van der Waals surface area contributed by atoms with Crippen molar-refractivity contribution in [1.82, 2.24) is 14.9 Å². The molecule has 0 fully saturated rings. The molecule has 0 aliphatic carbocycles. The molecule has 0 saturated carbocycles. The van der Waals surface area contributed by atoms with Gasteiger partial charge in [-0.1, -0.05) is 12.1 Å². The first kappa shape index (κ1) is 13.5. The highest BCUT2D eigenvalue weighted by atomic mass is 16.5. The van der Waals surface area contributed by atoms with E-state index in [9.17, 15) is 4.79 Å². The highest BCUT2D eigenvalue weighted by molar-refractivity contribution is 5.78. The molecule has 0 spiro atoms. The number of benzene rings is 1. The number of aryl methyl sites for hydroxylation is 1. The van der Waals surface area contributed by atoms with Crippen LogP contribution >= 0.6 is 0 Å². The Kier molecular flexibility index (Phi) is 3.81. The van der Waals surface area contributed by atoms with Crippen molar-refractivity contribution in [3.05, 3.63) is 53.6 Å². The Morgan fingerprint density at radius 3 is 3.19 bits per heavy atom. The zero-order valence-electron chi connectivity index (χ0n) is 12.0. The zero-order valence-corrected chi connectivity index (χ0v) is 12.0. The molecule has 5 heteroatoms. The molecule has 1 aromatic heterocycles. The van der Waals surface area contributed by atoms with Crippen molar-refractivity contribution in [3.8, 4) is 5.75 Å². The highest BCUT2D eigenvalue weighted by Gasteiger charge is 2.21. The fourth-order valence-corrected chi connectivity index (χ4v) is 2.42. The number of carbonyl (C=O) groups excluding carboxylic acids is 1. The van der Waals surface area contributed by atoms with Crippen LogP contribution in [-0.2, 0) is 17.8 Å². The predicted octanol–water partition coefficient (Wildman–Crippen LogP) is 1.75. The Labute approximate surface area is 123 Å². The van der Waals surface area contributed by atoms with E-state index in [2.05, 4.69) is 9.97 Å². The molecule has 2 aromatic rings. The van der Waals surface area contributed by atoms with E-state index in [1.807, 2.05) is 31.2 Å². The molecule has 2 heterocycles. The number of rotatable bonds is 3. The van der Waals surface area contributed by atoms with Crippen LogP contribution in [0.4, 0.5) is 0 Å². The van der Waals surface area contributed by atoms with Crippen molar-refractivity contribution >= 4 is 5.91 Å². The smallest absolute Gasteiger partial charge is 0.260 e. The van der Waals surface area contributed by atoms with E-state index in [-0.39, 0.29) is 12.5 Å². The van der Waals surface area contributed by atoms with Crippen LogP contribution in [0.25, 0.3) is 0 Å². The summed E-state index contributed by atoms with van der Waals surface area (Å²) in [5.41, 5.74) is 3.17.